The van der Waals surface area contributed by atoms with Crippen molar-refractivity contribution in [2.24, 2.45) is 7.05 Å². The van der Waals surface area contributed by atoms with Gasteiger partial charge in [0.25, 0.3) is 5.91 Å². The molecule has 1 N–H and O–H groups in total. The molecule has 0 saturated heterocycles. The first-order chi connectivity index (χ1) is 8.70. The largest absolute Gasteiger partial charge is 0.342 e. The molecular weight excluding hydrogens is 226 g/mol. The van der Waals surface area contributed by atoms with Gasteiger partial charge in [-0.25, -0.2) is 0 Å². The van der Waals surface area contributed by atoms with E-state index in [9.17, 15) is 4.79 Å². The number of benzene rings is 1. The smallest absolute Gasteiger partial charge is 0.251 e. The summed E-state index contributed by atoms with van der Waals surface area (Å²) in [4.78, 5) is 12.1. The van der Waals surface area contributed by atoms with Crippen LogP contribution in [-0.2, 0) is 12.6 Å². The molecule has 4 heteroatoms. The molecule has 0 radical (unpaired) electrons. The fourth-order valence-electron chi connectivity index (χ4n) is 2.16. The monoisotopic (exact) mass is 241 g/mol. The third-order valence-electron chi connectivity index (χ3n) is 3.40. The number of hydrogen-bond acceptors (Lipinski definition) is 2. The van der Waals surface area contributed by atoms with E-state index in [1.165, 1.54) is 0 Å². The van der Waals surface area contributed by atoms with Crippen LogP contribution in [-0.4, -0.2) is 15.7 Å². The maximum Gasteiger partial charge on any atom is 0.251 e. The van der Waals surface area contributed by atoms with E-state index in [1.807, 2.05) is 49.8 Å². The average Bonchev–Trinajstić information content (AvgIpc) is 3.03. The van der Waals surface area contributed by atoms with Gasteiger partial charge in [-0.3, -0.25) is 9.48 Å². The predicted molar refractivity (Wildman–Crippen MR) is 68.0 cm³/mol. The van der Waals surface area contributed by atoms with Crippen LogP contribution in [0.25, 0.3) is 0 Å². The predicted octanol–water partition coefficient (Wildman–Crippen LogP) is 1.84. The molecule has 0 bridgehead atoms. The minimum Gasteiger partial charge on any atom is -0.342 e. The molecule has 3 rings (SSSR count). The summed E-state index contributed by atoms with van der Waals surface area (Å²) in [5.74, 6) is -0.0167. The summed E-state index contributed by atoms with van der Waals surface area (Å²) in [6.45, 7) is 0. The summed E-state index contributed by atoms with van der Waals surface area (Å²) in [6, 6.07) is 9.31. The minimum absolute atomic E-state index is 0.0167. The van der Waals surface area contributed by atoms with Gasteiger partial charge in [0.2, 0.25) is 0 Å². The number of aromatic nitrogens is 2. The lowest BCUT2D eigenvalue weighted by Gasteiger charge is -2.15. The lowest BCUT2D eigenvalue weighted by molar-refractivity contribution is 0.0931. The Labute approximate surface area is 106 Å². The van der Waals surface area contributed by atoms with Crippen LogP contribution in [0.1, 0.15) is 28.8 Å². The first-order valence-corrected chi connectivity index (χ1v) is 6.06. The van der Waals surface area contributed by atoms with Crippen LogP contribution < -0.4 is 5.32 Å². The Bertz CT molecular complexity index is 570. The quantitative estimate of drug-likeness (QED) is 0.891. The number of nitrogens with zero attached hydrogens (tertiary/aromatic N) is 2. The lowest BCUT2D eigenvalue weighted by atomic mass is 10.1. The zero-order chi connectivity index (χ0) is 12.6. The van der Waals surface area contributed by atoms with Gasteiger partial charge in [0.05, 0.1) is 11.7 Å². The van der Waals surface area contributed by atoms with Gasteiger partial charge in [-0.05, 0) is 25.0 Å². The van der Waals surface area contributed by atoms with Crippen molar-refractivity contribution in [2.45, 2.75) is 18.4 Å². The maximum absolute atomic E-state index is 12.1. The van der Waals surface area contributed by atoms with Gasteiger partial charge < -0.3 is 5.32 Å². The molecule has 1 amide bonds. The summed E-state index contributed by atoms with van der Waals surface area (Å²) >= 11 is 0. The van der Waals surface area contributed by atoms with E-state index < -0.39 is 0 Å². The van der Waals surface area contributed by atoms with Crippen LogP contribution in [0.3, 0.4) is 0 Å². The third kappa shape index (κ3) is 1.90. The van der Waals surface area contributed by atoms with Gasteiger partial charge in [0, 0.05) is 24.4 Å². The first kappa shape index (κ1) is 11.0. The summed E-state index contributed by atoms with van der Waals surface area (Å²) < 4.78 is 1.77. The number of carbonyl (C=O) groups is 1. The van der Waals surface area contributed by atoms with Gasteiger partial charge in [0.1, 0.15) is 0 Å². The molecule has 92 valence electrons. The van der Waals surface area contributed by atoms with Crippen LogP contribution in [0.4, 0.5) is 0 Å². The summed E-state index contributed by atoms with van der Waals surface area (Å²) in [5, 5.41) is 7.29. The Hall–Kier alpha value is -2.10. The molecule has 1 fully saturated rings. The van der Waals surface area contributed by atoms with Crippen molar-refractivity contribution in [2.75, 3.05) is 0 Å². The highest BCUT2D eigenvalue weighted by Gasteiger charge is 2.46. The molecule has 1 saturated carbocycles. The Kier molecular flexibility index (Phi) is 2.44. The van der Waals surface area contributed by atoms with Gasteiger partial charge in [-0.2, -0.15) is 5.10 Å². The maximum atomic E-state index is 12.1. The highest BCUT2D eigenvalue weighted by molar-refractivity contribution is 5.95. The van der Waals surface area contributed by atoms with E-state index >= 15 is 0 Å². The van der Waals surface area contributed by atoms with Crippen LogP contribution in [0, 0.1) is 0 Å². The van der Waals surface area contributed by atoms with Gasteiger partial charge in [-0.15, -0.1) is 0 Å². The van der Waals surface area contributed by atoms with E-state index in [4.69, 9.17) is 0 Å². The van der Waals surface area contributed by atoms with E-state index in [1.54, 1.807) is 4.68 Å². The van der Waals surface area contributed by atoms with Crippen LogP contribution >= 0.6 is 0 Å². The number of nitrogens with one attached hydrogen (secondary N) is 1. The Morgan fingerprint density at radius 2 is 2.06 bits per heavy atom. The second-order valence-corrected chi connectivity index (χ2v) is 4.80. The molecule has 1 aliphatic carbocycles. The van der Waals surface area contributed by atoms with Crippen LogP contribution in [0.2, 0.25) is 0 Å². The molecule has 1 heterocycles. The van der Waals surface area contributed by atoms with E-state index in [2.05, 4.69) is 10.4 Å². The van der Waals surface area contributed by atoms with Crippen molar-refractivity contribution in [3.63, 3.8) is 0 Å². The molecule has 1 aromatic heterocycles. The zero-order valence-corrected chi connectivity index (χ0v) is 10.3. The first-order valence-electron chi connectivity index (χ1n) is 6.06. The Morgan fingerprint density at radius 3 is 2.61 bits per heavy atom. The highest BCUT2D eigenvalue weighted by Crippen LogP contribution is 2.45. The molecule has 0 aliphatic heterocycles. The molecule has 0 spiro atoms. The Morgan fingerprint density at radius 1 is 1.33 bits per heavy atom. The van der Waals surface area contributed by atoms with Crippen molar-refractivity contribution < 1.29 is 4.79 Å². The standard InChI is InChI=1S/C14H15N3O/c1-17-10-12(9-15-17)14(7-8-14)16-13(18)11-5-3-2-4-6-11/h2-6,9-10H,7-8H2,1H3,(H,16,18). The molecular formula is C14H15N3O. The summed E-state index contributed by atoms with van der Waals surface area (Å²) in [7, 11) is 1.89. The molecule has 2 aromatic rings. The molecule has 0 atom stereocenters. The SMILES string of the molecule is Cn1cc(C2(NC(=O)c3ccccc3)CC2)cn1. The second kappa shape index (κ2) is 3.98. The number of hydrogen-bond donors (Lipinski definition) is 1. The van der Waals surface area contributed by atoms with Crippen molar-refractivity contribution in [1.29, 1.82) is 0 Å². The number of amides is 1. The Balaban J connectivity index is 1.79. The normalized spacial score (nSPS) is 16.3. The van der Waals surface area contributed by atoms with E-state index in [0.717, 1.165) is 18.4 Å². The van der Waals surface area contributed by atoms with Crippen molar-refractivity contribution in [3.8, 4) is 0 Å². The van der Waals surface area contributed by atoms with Gasteiger partial charge in [-0.1, -0.05) is 18.2 Å². The van der Waals surface area contributed by atoms with E-state index in [0.29, 0.717) is 5.56 Å². The number of carbonyl (C=O) groups excluding carboxylic acids is 1. The molecule has 4 nitrogen and oxygen atoms in total. The topological polar surface area (TPSA) is 46.9 Å². The number of aryl methyl sites for hydroxylation is 1. The average molecular weight is 241 g/mol. The third-order valence-corrected chi connectivity index (χ3v) is 3.40. The fourth-order valence-corrected chi connectivity index (χ4v) is 2.16. The molecule has 0 unspecified atom stereocenters. The van der Waals surface area contributed by atoms with Crippen molar-refractivity contribution >= 4 is 5.91 Å². The van der Waals surface area contributed by atoms with Crippen molar-refractivity contribution in [3.05, 3.63) is 53.9 Å². The molecule has 1 aliphatic rings. The van der Waals surface area contributed by atoms with Crippen molar-refractivity contribution in [1.82, 2.24) is 15.1 Å². The van der Waals surface area contributed by atoms with Gasteiger partial charge >= 0.3 is 0 Å². The second-order valence-electron chi connectivity index (χ2n) is 4.80. The lowest BCUT2D eigenvalue weighted by Crippen LogP contribution is -2.34. The van der Waals surface area contributed by atoms with Crippen LogP contribution in [0.5, 0.6) is 0 Å². The summed E-state index contributed by atoms with van der Waals surface area (Å²) in [5.41, 5.74) is 1.60. The number of rotatable bonds is 3. The molecule has 18 heavy (non-hydrogen) atoms. The molecule has 1 aromatic carbocycles. The highest BCUT2D eigenvalue weighted by atomic mass is 16.1. The zero-order valence-electron chi connectivity index (χ0n) is 10.3. The summed E-state index contributed by atoms with van der Waals surface area (Å²) in [6.07, 6.45) is 5.77. The van der Waals surface area contributed by atoms with E-state index in [-0.39, 0.29) is 11.4 Å². The van der Waals surface area contributed by atoms with Gasteiger partial charge in [0.15, 0.2) is 0 Å². The van der Waals surface area contributed by atoms with Crippen LogP contribution in [0.15, 0.2) is 42.7 Å². The minimum atomic E-state index is -0.193. The fraction of sp³-hybridized carbons (Fsp3) is 0.286.